The number of aromatic amines is 1. The van der Waals surface area contributed by atoms with Crippen molar-refractivity contribution in [3.05, 3.63) is 64.7 Å². The lowest BCUT2D eigenvalue weighted by molar-refractivity contribution is -0.160. The fourth-order valence-electron chi connectivity index (χ4n) is 2.74. The van der Waals surface area contributed by atoms with Gasteiger partial charge in [0.2, 0.25) is 6.10 Å². The van der Waals surface area contributed by atoms with E-state index < -0.39 is 18.2 Å². The maximum atomic E-state index is 12.4. The van der Waals surface area contributed by atoms with Crippen molar-refractivity contribution in [2.24, 2.45) is 0 Å². The molecule has 0 amide bonds. The quantitative estimate of drug-likeness (QED) is 0.728. The lowest BCUT2D eigenvalue weighted by Gasteiger charge is -2.25. The Bertz CT molecular complexity index is 1030. The number of nitrogens with zero attached hydrogens (tertiary/aromatic N) is 1. The second-order valence-corrected chi connectivity index (χ2v) is 5.91. The molecule has 2 heterocycles. The number of carbonyl (C=O) groups is 1. The Labute approximate surface area is 148 Å². The molecular weight excluding hydrogens is 336 g/mol. The summed E-state index contributed by atoms with van der Waals surface area (Å²) in [6.45, 7) is 1.70. The summed E-state index contributed by atoms with van der Waals surface area (Å²) in [5, 5.41) is 0.482. The highest BCUT2D eigenvalue weighted by Crippen LogP contribution is 2.31. The minimum atomic E-state index is -0.875. The van der Waals surface area contributed by atoms with Crippen LogP contribution in [0.25, 0.3) is 10.9 Å². The molecule has 2 atom stereocenters. The summed E-state index contributed by atoms with van der Waals surface area (Å²) in [5.74, 6) is 0.776. The average Bonchev–Trinajstić information content (AvgIpc) is 2.67. The minimum Gasteiger partial charge on any atom is -0.485 e. The van der Waals surface area contributed by atoms with E-state index in [9.17, 15) is 9.59 Å². The fourth-order valence-corrected chi connectivity index (χ4v) is 2.74. The van der Waals surface area contributed by atoms with Crippen LogP contribution in [0, 0.1) is 0 Å². The van der Waals surface area contributed by atoms with Gasteiger partial charge >= 0.3 is 5.97 Å². The second-order valence-electron chi connectivity index (χ2n) is 5.91. The number of esters is 1. The van der Waals surface area contributed by atoms with Crippen molar-refractivity contribution in [3.63, 3.8) is 0 Å². The number of fused-ring (bicyclic) bond motifs is 2. The zero-order valence-electron chi connectivity index (χ0n) is 14.0. The number of carbonyl (C=O) groups excluding carboxylic acids is 1. The second kappa shape index (κ2) is 6.51. The molecule has 3 aromatic rings. The number of nitrogens with one attached hydrogen (secondary N) is 1. The van der Waals surface area contributed by atoms with Gasteiger partial charge in [0, 0.05) is 0 Å². The predicted octanol–water partition coefficient (Wildman–Crippen LogP) is 2.37. The Balaban J connectivity index is 1.51. The van der Waals surface area contributed by atoms with E-state index >= 15 is 0 Å². The summed E-state index contributed by atoms with van der Waals surface area (Å²) in [7, 11) is 0. The molecule has 7 nitrogen and oxygen atoms in total. The first kappa shape index (κ1) is 16.1. The number of H-pyrrole nitrogens is 1. The number of rotatable bonds is 3. The Hall–Kier alpha value is -3.35. The third-order valence-electron chi connectivity index (χ3n) is 4.08. The predicted molar refractivity (Wildman–Crippen MR) is 93.2 cm³/mol. The number of benzene rings is 2. The van der Waals surface area contributed by atoms with Crippen LogP contribution in [0.15, 0.2) is 53.3 Å². The highest BCUT2D eigenvalue weighted by atomic mass is 16.6. The van der Waals surface area contributed by atoms with Crippen molar-refractivity contribution in [3.8, 4) is 11.5 Å². The Morgan fingerprint density at radius 2 is 1.92 bits per heavy atom. The third-order valence-corrected chi connectivity index (χ3v) is 4.08. The van der Waals surface area contributed by atoms with E-state index in [2.05, 4.69) is 9.97 Å². The van der Waals surface area contributed by atoms with Gasteiger partial charge in [0.25, 0.3) is 5.56 Å². The van der Waals surface area contributed by atoms with Crippen LogP contribution in [-0.4, -0.2) is 28.6 Å². The van der Waals surface area contributed by atoms with E-state index in [1.807, 2.05) is 6.07 Å². The monoisotopic (exact) mass is 352 g/mol. The lowest BCUT2D eigenvalue weighted by atomic mass is 10.2. The molecule has 0 bridgehead atoms. The third kappa shape index (κ3) is 2.99. The topological polar surface area (TPSA) is 90.5 Å². The molecule has 1 N–H and O–H groups in total. The van der Waals surface area contributed by atoms with Gasteiger partial charge in [-0.2, -0.15) is 0 Å². The summed E-state index contributed by atoms with van der Waals surface area (Å²) in [6, 6.07) is 14.1. The average molecular weight is 352 g/mol. The molecule has 1 aliphatic heterocycles. The van der Waals surface area contributed by atoms with E-state index in [1.165, 1.54) is 0 Å². The largest absolute Gasteiger partial charge is 0.485 e. The molecule has 4 rings (SSSR count). The minimum absolute atomic E-state index is 0.0598. The van der Waals surface area contributed by atoms with Gasteiger partial charge in [-0.05, 0) is 31.2 Å². The number of hydrogen-bond acceptors (Lipinski definition) is 6. The standard InChI is InChI=1S/C19H16N2O5/c1-11(17-20-13-7-3-2-6-12(13)18(22)21-17)25-19(23)16-10-24-14-8-4-5-9-15(14)26-16/h2-9,11,16H,10H2,1H3,(H,20,21,22)/t11-,16-/m1/s1. The van der Waals surface area contributed by atoms with Gasteiger partial charge in [0.1, 0.15) is 6.61 Å². The maximum Gasteiger partial charge on any atom is 0.351 e. The van der Waals surface area contributed by atoms with Gasteiger partial charge in [-0.3, -0.25) is 4.79 Å². The van der Waals surface area contributed by atoms with Crippen molar-refractivity contribution in [2.45, 2.75) is 19.1 Å². The van der Waals surface area contributed by atoms with Crippen molar-refractivity contribution < 1.29 is 19.0 Å². The van der Waals surface area contributed by atoms with Crippen LogP contribution in [0.4, 0.5) is 0 Å². The Morgan fingerprint density at radius 1 is 1.19 bits per heavy atom. The maximum absolute atomic E-state index is 12.4. The van der Waals surface area contributed by atoms with Crippen molar-refractivity contribution in [1.29, 1.82) is 0 Å². The van der Waals surface area contributed by atoms with Crippen LogP contribution < -0.4 is 15.0 Å². The zero-order chi connectivity index (χ0) is 18.1. The van der Waals surface area contributed by atoms with Gasteiger partial charge in [0.05, 0.1) is 10.9 Å². The zero-order valence-corrected chi connectivity index (χ0v) is 14.0. The Kier molecular flexibility index (Phi) is 4.04. The molecule has 0 aliphatic carbocycles. The molecule has 0 saturated heterocycles. The van der Waals surface area contributed by atoms with Crippen LogP contribution in [-0.2, 0) is 9.53 Å². The molecule has 0 radical (unpaired) electrons. The van der Waals surface area contributed by atoms with Crippen LogP contribution in [0.1, 0.15) is 18.9 Å². The van der Waals surface area contributed by atoms with Crippen molar-refractivity contribution >= 4 is 16.9 Å². The first-order valence-electron chi connectivity index (χ1n) is 8.20. The first-order valence-corrected chi connectivity index (χ1v) is 8.20. The van der Waals surface area contributed by atoms with E-state index in [4.69, 9.17) is 14.2 Å². The molecule has 0 fully saturated rings. The molecule has 0 spiro atoms. The van der Waals surface area contributed by atoms with Gasteiger partial charge < -0.3 is 19.2 Å². The lowest BCUT2D eigenvalue weighted by Crippen LogP contribution is -2.38. The van der Waals surface area contributed by atoms with Crippen LogP contribution in [0.2, 0.25) is 0 Å². The smallest absolute Gasteiger partial charge is 0.351 e. The first-order chi connectivity index (χ1) is 12.6. The highest BCUT2D eigenvalue weighted by Gasteiger charge is 2.30. The van der Waals surface area contributed by atoms with Crippen LogP contribution >= 0.6 is 0 Å². The van der Waals surface area contributed by atoms with Crippen molar-refractivity contribution in [1.82, 2.24) is 9.97 Å². The van der Waals surface area contributed by atoms with Crippen LogP contribution in [0.5, 0.6) is 11.5 Å². The van der Waals surface area contributed by atoms with Crippen molar-refractivity contribution in [2.75, 3.05) is 6.61 Å². The SMILES string of the molecule is C[C@@H](OC(=O)[C@H]1COc2ccccc2O1)c1nc2ccccc2c(=O)[nH]1. The molecule has 1 aliphatic rings. The summed E-state index contributed by atoms with van der Waals surface area (Å²) < 4.78 is 16.6. The molecular formula is C19H16N2O5. The van der Waals surface area contributed by atoms with E-state index in [0.717, 1.165) is 0 Å². The van der Waals surface area contributed by atoms with E-state index in [-0.39, 0.29) is 18.0 Å². The summed E-state index contributed by atoms with van der Waals surface area (Å²) in [5.41, 5.74) is 0.264. The number of ether oxygens (including phenoxy) is 3. The molecule has 132 valence electrons. The molecule has 1 aromatic heterocycles. The molecule has 26 heavy (non-hydrogen) atoms. The van der Waals surface area contributed by atoms with Gasteiger partial charge in [0.15, 0.2) is 23.4 Å². The number of hydrogen-bond donors (Lipinski definition) is 1. The highest BCUT2D eigenvalue weighted by molar-refractivity contribution is 5.78. The van der Waals surface area contributed by atoms with E-state index in [1.54, 1.807) is 49.4 Å². The summed E-state index contributed by atoms with van der Waals surface area (Å²) in [6.07, 6.45) is -1.61. The van der Waals surface area contributed by atoms with Crippen LogP contribution in [0.3, 0.4) is 0 Å². The fraction of sp³-hybridized carbons (Fsp3) is 0.211. The van der Waals surface area contributed by atoms with Gasteiger partial charge in [-0.25, -0.2) is 9.78 Å². The number of aromatic nitrogens is 2. The molecule has 2 aromatic carbocycles. The van der Waals surface area contributed by atoms with Gasteiger partial charge in [-0.1, -0.05) is 24.3 Å². The summed E-state index contributed by atoms with van der Waals surface area (Å²) in [4.78, 5) is 31.6. The van der Waals surface area contributed by atoms with Gasteiger partial charge in [-0.15, -0.1) is 0 Å². The van der Waals surface area contributed by atoms with E-state index in [0.29, 0.717) is 22.4 Å². The Morgan fingerprint density at radius 3 is 2.77 bits per heavy atom. The molecule has 0 unspecified atom stereocenters. The molecule has 0 saturated carbocycles. The summed E-state index contributed by atoms with van der Waals surface area (Å²) >= 11 is 0. The molecule has 7 heteroatoms. The number of para-hydroxylation sites is 3. The normalized spacial score (nSPS) is 16.9.